The van der Waals surface area contributed by atoms with Crippen LogP contribution >= 0.6 is 0 Å². The number of nitrogens with zero attached hydrogens (tertiary/aromatic N) is 1. The van der Waals surface area contributed by atoms with E-state index in [2.05, 4.69) is 30.3 Å². The van der Waals surface area contributed by atoms with E-state index in [-0.39, 0.29) is 5.41 Å². The second kappa shape index (κ2) is 7.42. The van der Waals surface area contributed by atoms with Gasteiger partial charge in [-0.05, 0) is 80.4 Å². The minimum absolute atomic E-state index is 0.0103. The fourth-order valence-corrected chi connectivity index (χ4v) is 5.75. The van der Waals surface area contributed by atoms with Gasteiger partial charge in [-0.3, -0.25) is 0 Å². The normalized spacial score (nSPS) is 26.9. The Kier molecular flexibility index (Phi) is 5.21. The molecule has 156 valence electrons. The molecule has 0 radical (unpaired) electrons. The Bertz CT molecular complexity index is 1000. The van der Waals surface area contributed by atoms with Gasteiger partial charge in [0, 0.05) is 23.8 Å². The highest BCUT2D eigenvalue weighted by Crippen LogP contribution is 2.45. The molecular weight excluding hydrogens is 384 g/mol. The summed E-state index contributed by atoms with van der Waals surface area (Å²) < 4.78 is 23.3. The Labute approximate surface area is 173 Å². The first-order valence-corrected chi connectivity index (χ1v) is 12.1. The average Bonchev–Trinajstić information content (AvgIpc) is 2.67. The van der Waals surface area contributed by atoms with Gasteiger partial charge in [-0.1, -0.05) is 25.1 Å². The van der Waals surface area contributed by atoms with E-state index < -0.39 is 9.84 Å². The fourth-order valence-electron chi connectivity index (χ4n) is 5.12. The molecule has 1 aliphatic carbocycles. The quantitative estimate of drug-likeness (QED) is 0.787. The molecule has 3 atom stereocenters. The summed E-state index contributed by atoms with van der Waals surface area (Å²) in [4.78, 5) is 2.82. The molecule has 2 aromatic rings. The van der Waals surface area contributed by atoms with E-state index in [0.29, 0.717) is 22.7 Å². The van der Waals surface area contributed by atoms with Crippen LogP contribution in [0.3, 0.4) is 0 Å². The molecule has 0 spiro atoms. The summed E-state index contributed by atoms with van der Waals surface area (Å²) in [6, 6.07) is 13.8. The number of likely N-dealkylation sites (N-methyl/N-ethyl adjacent to an activating group) is 1. The number of rotatable bonds is 5. The van der Waals surface area contributed by atoms with E-state index in [0.717, 1.165) is 37.9 Å². The summed E-state index contributed by atoms with van der Waals surface area (Å²) >= 11 is 0. The molecule has 6 heteroatoms. The fraction of sp³-hybridized carbons (Fsp3) is 0.478. The first kappa shape index (κ1) is 20.4. The zero-order chi connectivity index (χ0) is 20.8. The lowest BCUT2D eigenvalue weighted by molar-refractivity contribution is 0.0663. The highest BCUT2D eigenvalue weighted by molar-refractivity contribution is 7.90. The first-order valence-electron chi connectivity index (χ1n) is 10.2. The lowest BCUT2D eigenvalue weighted by Crippen LogP contribution is -2.66. The number of nitrogens with one attached hydrogen (secondary N) is 1. The summed E-state index contributed by atoms with van der Waals surface area (Å²) in [7, 11) is -0.953. The molecule has 1 saturated heterocycles. The van der Waals surface area contributed by atoms with Gasteiger partial charge in [0.15, 0.2) is 9.84 Å². The Morgan fingerprint density at radius 3 is 2.62 bits per heavy atom. The molecule has 1 heterocycles. The summed E-state index contributed by atoms with van der Waals surface area (Å²) in [5.41, 5.74) is 3.74. The van der Waals surface area contributed by atoms with E-state index in [9.17, 15) is 13.5 Å². The van der Waals surface area contributed by atoms with E-state index in [1.807, 2.05) is 18.2 Å². The largest absolute Gasteiger partial charge is 0.508 e. The molecule has 2 aliphatic rings. The molecule has 1 aliphatic heterocycles. The van der Waals surface area contributed by atoms with Gasteiger partial charge in [-0.25, -0.2) is 8.42 Å². The van der Waals surface area contributed by atoms with Crippen LogP contribution in [0.5, 0.6) is 5.75 Å². The number of sulfone groups is 1. The topological polar surface area (TPSA) is 69.6 Å². The van der Waals surface area contributed by atoms with Crippen LogP contribution in [0.4, 0.5) is 0 Å². The van der Waals surface area contributed by atoms with Crippen LogP contribution in [-0.4, -0.2) is 56.9 Å². The lowest BCUT2D eigenvalue weighted by Gasteiger charge is -2.55. The number of benzene rings is 2. The first-order chi connectivity index (χ1) is 13.7. The monoisotopic (exact) mass is 414 g/mol. The number of fused-ring (bicyclic) bond motifs is 4. The van der Waals surface area contributed by atoms with Gasteiger partial charge in [0.2, 0.25) is 0 Å². The maximum atomic E-state index is 11.6. The van der Waals surface area contributed by atoms with Crippen molar-refractivity contribution in [2.45, 2.75) is 48.6 Å². The third-order valence-electron chi connectivity index (χ3n) is 6.89. The van der Waals surface area contributed by atoms with Crippen LogP contribution in [0.25, 0.3) is 0 Å². The van der Waals surface area contributed by atoms with E-state index in [4.69, 9.17) is 0 Å². The van der Waals surface area contributed by atoms with Crippen molar-refractivity contribution in [3.05, 3.63) is 59.2 Å². The van der Waals surface area contributed by atoms with Crippen LogP contribution < -0.4 is 5.32 Å². The molecular formula is C23H30N2O3S. The lowest BCUT2D eigenvalue weighted by atomic mass is 9.61. The molecule has 2 aromatic carbocycles. The smallest absolute Gasteiger partial charge is 0.175 e. The molecule has 0 saturated carbocycles. The van der Waals surface area contributed by atoms with Gasteiger partial charge in [0.05, 0.1) is 4.90 Å². The molecule has 0 aromatic heterocycles. The average molecular weight is 415 g/mol. The Morgan fingerprint density at radius 1 is 1.21 bits per heavy atom. The highest BCUT2D eigenvalue weighted by Gasteiger charge is 2.49. The van der Waals surface area contributed by atoms with Gasteiger partial charge in [0.25, 0.3) is 0 Å². The summed E-state index contributed by atoms with van der Waals surface area (Å²) in [6.07, 6.45) is 4.12. The van der Waals surface area contributed by atoms with Crippen molar-refractivity contribution >= 4 is 9.84 Å². The third-order valence-corrected chi connectivity index (χ3v) is 8.02. The third kappa shape index (κ3) is 3.81. The molecule has 1 fully saturated rings. The van der Waals surface area contributed by atoms with Crippen LogP contribution in [0.2, 0.25) is 0 Å². The minimum Gasteiger partial charge on any atom is -0.508 e. The number of phenolic OH excluding ortho intramolecular Hbond substituents is 1. The van der Waals surface area contributed by atoms with Crippen molar-refractivity contribution in [3.63, 3.8) is 0 Å². The highest BCUT2D eigenvalue weighted by atomic mass is 32.2. The molecule has 4 rings (SSSR count). The van der Waals surface area contributed by atoms with Crippen molar-refractivity contribution in [3.8, 4) is 5.75 Å². The van der Waals surface area contributed by atoms with Gasteiger partial charge >= 0.3 is 0 Å². The Hall–Kier alpha value is -1.89. The van der Waals surface area contributed by atoms with Crippen molar-refractivity contribution < 1.29 is 13.5 Å². The number of likely N-dealkylation sites (tertiary alicyclic amines) is 1. The summed E-state index contributed by atoms with van der Waals surface area (Å²) in [5.74, 6) is 0.340. The van der Waals surface area contributed by atoms with Crippen LogP contribution in [0.1, 0.15) is 30.0 Å². The van der Waals surface area contributed by atoms with Gasteiger partial charge in [-0.15, -0.1) is 0 Å². The number of phenols is 1. The van der Waals surface area contributed by atoms with Crippen LogP contribution in [-0.2, 0) is 28.1 Å². The number of hydrogen-bond acceptors (Lipinski definition) is 5. The molecule has 29 heavy (non-hydrogen) atoms. The van der Waals surface area contributed by atoms with E-state index in [1.165, 1.54) is 17.4 Å². The number of hydrogen-bond donors (Lipinski definition) is 2. The van der Waals surface area contributed by atoms with Crippen LogP contribution in [0.15, 0.2) is 47.4 Å². The number of piperidine rings is 1. The standard InChI is InChI=1S/C23H30N2O3S/c1-23-11-13-25(2)21(14-17-6-7-18(26)15-20(17)23)22(23)24-12-10-16-4-8-19(9-5-16)29(3,27)28/h4-9,15,21-22,24,26H,10-14H2,1-3H3/t21-,22+,23+/m1/s1. The van der Waals surface area contributed by atoms with Gasteiger partial charge < -0.3 is 15.3 Å². The van der Waals surface area contributed by atoms with Crippen molar-refractivity contribution in [2.24, 2.45) is 0 Å². The predicted molar refractivity (Wildman–Crippen MR) is 115 cm³/mol. The second-order valence-corrected chi connectivity index (χ2v) is 10.9. The molecule has 2 bridgehead atoms. The van der Waals surface area contributed by atoms with Crippen LogP contribution in [0, 0.1) is 0 Å². The molecule has 2 N–H and O–H groups in total. The summed E-state index contributed by atoms with van der Waals surface area (Å²) in [5, 5.41) is 13.9. The predicted octanol–water partition coefficient (Wildman–Crippen LogP) is 2.51. The van der Waals surface area contributed by atoms with Crippen molar-refractivity contribution in [1.29, 1.82) is 0 Å². The molecule has 5 nitrogen and oxygen atoms in total. The van der Waals surface area contributed by atoms with Gasteiger partial charge in [0.1, 0.15) is 5.75 Å². The minimum atomic E-state index is -3.16. The zero-order valence-corrected chi connectivity index (χ0v) is 18.2. The Morgan fingerprint density at radius 2 is 1.93 bits per heavy atom. The van der Waals surface area contributed by atoms with E-state index >= 15 is 0 Å². The molecule has 0 unspecified atom stereocenters. The van der Waals surface area contributed by atoms with Crippen molar-refractivity contribution in [2.75, 3.05) is 26.4 Å². The maximum Gasteiger partial charge on any atom is 0.175 e. The number of aromatic hydroxyl groups is 1. The second-order valence-electron chi connectivity index (χ2n) is 8.86. The van der Waals surface area contributed by atoms with Crippen molar-refractivity contribution in [1.82, 2.24) is 10.2 Å². The summed E-state index contributed by atoms with van der Waals surface area (Å²) in [6.45, 7) is 4.21. The molecule has 0 amide bonds. The van der Waals surface area contributed by atoms with E-state index in [1.54, 1.807) is 18.2 Å². The zero-order valence-electron chi connectivity index (χ0n) is 17.4. The van der Waals surface area contributed by atoms with Gasteiger partial charge in [-0.2, -0.15) is 0 Å². The SMILES string of the molecule is CN1CC[C@@]2(C)c3cc(O)ccc3C[C@@H]1[C@@H]2NCCc1ccc(S(C)(=O)=O)cc1. The Balaban J connectivity index is 1.51. The maximum absolute atomic E-state index is 11.6.